The van der Waals surface area contributed by atoms with Crippen molar-refractivity contribution >= 4 is 23.0 Å². The van der Waals surface area contributed by atoms with Crippen LogP contribution in [0, 0.1) is 5.82 Å². The fourth-order valence-electron chi connectivity index (χ4n) is 2.93. The molecule has 1 aromatic rings. The normalized spacial score (nSPS) is 17.8. The van der Waals surface area contributed by atoms with E-state index < -0.39 is 29.3 Å². The van der Waals surface area contributed by atoms with E-state index in [0.29, 0.717) is 34.4 Å². The Hall–Kier alpha value is -2.23. The number of piperazine rings is 1. The van der Waals surface area contributed by atoms with Gasteiger partial charge in [-0.15, -0.1) is 0 Å². The van der Waals surface area contributed by atoms with Gasteiger partial charge in [-0.2, -0.15) is 13.2 Å². The monoisotopic (exact) mass is 431 g/mol. The zero-order valence-electron chi connectivity index (χ0n) is 16.3. The summed E-state index contributed by atoms with van der Waals surface area (Å²) in [5, 5.41) is 0.478. The minimum absolute atomic E-state index is 0.0757. The summed E-state index contributed by atoms with van der Waals surface area (Å²) in [5.41, 5.74) is -0.926. The second-order valence-corrected chi connectivity index (χ2v) is 8.77. The molecule has 0 aliphatic carbocycles. The van der Waals surface area contributed by atoms with Gasteiger partial charge in [-0.3, -0.25) is 4.99 Å². The molecule has 0 atom stereocenters. The topological polar surface area (TPSA) is 45.1 Å². The van der Waals surface area contributed by atoms with Crippen molar-refractivity contribution in [2.75, 3.05) is 19.6 Å². The molecule has 2 aliphatic heterocycles. The largest absolute Gasteiger partial charge is 0.444 e. The minimum atomic E-state index is -4.77. The molecule has 0 saturated carbocycles. The molecule has 2 heterocycles. The van der Waals surface area contributed by atoms with E-state index >= 15 is 0 Å². The third-order valence-corrected chi connectivity index (χ3v) is 5.40. The number of rotatable bonds is 0. The van der Waals surface area contributed by atoms with Crippen molar-refractivity contribution < 1.29 is 27.1 Å². The van der Waals surface area contributed by atoms with Crippen molar-refractivity contribution in [1.29, 1.82) is 0 Å². The molecule has 0 aromatic heterocycles. The molecule has 158 valence electrons. The van der Waals surface area contributed by atoms with Crippen LogP contribution < -0.4 is 0 Å². The summed E-state index contributed by atoms with van der Waals surface area (Å²) in [7, 11) is 0. The molecule has 29 heavy (non-hydrogen) atoms. The van der Waals surface area contributed by atoms with Gasteiger partial charge in [0.25, 0.3) is 0 Å². The maximum atomic E-state index is 13.8. The van der Waals surface area contributed by atoms with Crippen LogP contribution in [0.4, 0.5) is 22.4 Å². The Morgan fingerprint density at radius 1 is 1.24 bits per heavy atom. The molecule has 1 aromatic carbocycles. The van der Waals surface area contributed by atoms with Crippen LogP contribution >= 0.6 is 11.8 Å². The first kappa shape index (κ1) is 21.5. The van der Waals surface area contributed by atoms with Crippen molar-refractivity contribution in [3.8, 4) is 0 Å². The lowest BCUT2D eigenvalue weighted by atomic mass is 10.1. The summed E-state index contributed by atoms with van der Waals surface area (Å²) in [5.74, 6) is -1.30. The molecule has 0 N–H and O–H groups in total. The van der Waals surface area contributed by atoms with Gasteiger partial charge in [0.05, 0.1) is 18.7 Å². The van der Waals surface area contributed by atoms with E-state index in [9.17, 15) is 22.4 Å². The highest BCUT2D eigenvalue weighted by molar-refractivity contribution is 8.13. The summed E-state index contributed by atoms with van der Waals surface area (Å²) >= 11 is 1.04. The van der Waals surface area contributed by atoms with E-state index in [2.05, 4.69) is 11.6 Å². The average Bonchev–Trinajstić information content (AvgIpc) is 2.58. The van der Waals surface area contributed by atoms with Gasteiger partial charge in [0.1, 0.15) is 11.4 Å². The minimum Gasteiger partial charge on any atom is -0.444 e. The van der Waals surface area contributed by atoms with Crippen LogP contribution in [-0.2, 0) is 17.5 Å². The molecule has 0 spiro atoms. The number of aliphatic imine (C=N–C) groups is 1. The second-order valence-electron chi connectivity index (χ2n) is 7.76. The molecule has 2 aliphatic rings. The lowest BCUT2D eigenvalue weighted by Crippen LogP contribution is -2.49. The fourth-order valence-corrected chi connectivity index (χ4v) is 4.02. The molecule has 10 heteroatoms. The number of alkyl halides is 3. The number of benzene rings is 1. The van der Waals surface area contributed by atoms with Crippen LogP contribution in [0.3, 0.4) is 0 Å². The van der Waals surface area contributed by atoms with Crippen LogP contribution in [0.25, 0.3) is 0 Å². The van der Waals surface area contributed by atoms with Crippen molar-refractivity contribution in [3.63, 3.8) is 0 Å². The Labute approximate surface area is 170 Å². The first-order chi connectivity index (χ1) is 13.3. The summed E-state index contributed by atoms with van der Waals surface area (Å²) in [4.78, 5) is 20.2. The van der Waals surface area contributed by atoms with Gasteiger partial charge < -0.3 is 14.5 Å². The van der Waals surface area contributed by atoms with Crippen molar-refractivity contribution in [2.24, 2.45) is 4.99 Å². The highest BCUT2D eigenvalue weighted by atomic mass is 32.2. The summed E-state index contributed by atoms with van der Waals surface area (Å²) in [6, 6.07) is 1.71. The Kier molecular flexibility index (Phi) is 5.59. The van der Waals surface area contributed by atoms with Gasteiger partial charge in [-0.1, -0.05) is 18.3 Å². The number of hydrogen-bond donors (Lipinski definition) is 0. The Morgan fingerprint density at radius 3 is 2.52 bits per heavy atom. The smallest absolute Gasteiger partial charge is 0.419 e. The highest BCUT2D eigenvalue weighted by Crippen LogP contribution is 2.39. The second kappa shape index (κ2) is 7.55. The number of amidine groups is 1. The number of thioether (sulfide) groups is 1. The number of carbonyl (C=O) groups excluding carboxylic acids is 1. The van der Waals surface area contributed by atoms with Gasteiger partial charge in [-0.25, -0.2) is 9.18 Å². The first-order valence-electron chi connectivity index (χ1n) is 8.90. The molecule has 0 radical (unpaired) electrons. The fraction of sp³-hybridized carbons (Fsp3) is 0.474. The lowest BCUT2D eigenvalue weighted by molar-refractivity contribution is -0.140. The van der Waals surface area contributed by atoms with Gasteiger partial charge >= 0.3 is 12.3 Å². The number of halogens is 4. The van der Waals surface area contributed by atoms with Crippen molar-refractivity contribution in [2.45, 2.75) is 44.0 Å². The van der Waals surface area contributed by atoms with E-state index in [1.807, 2.05) is 0 Å². The van der Waals surface area contributed by atoms with Crippen LogP contribution in [-0.4, -0.2) is 46.3 Å². The SMILES string of the molecule is C=C1CN(C(=O)OC(C)(C)C)CCN1C1=NCc2cc(F)c(C(F)(F)F)cc2S1. The number of amides is 1. The maximum absolute atomic E-state index is 13.8. The molecule has 3 rings (SSSR count). The molecule has 0 unspecified atom stereocenters. The Balaban J connectivity index is 1.72. The molecule has 1 saturated heterocycles. The number of ether oxygens (including phenoxy) is 1. The predicted molar refractivity (Wildman–Crippen MR) is 102 cm³/mol. The van der Waals surface area contributed by atoms with Crippen molar-refractivity contribution in [3.05, 3.63) is 41.4 Å². The lowest BCUT2D eigenvalue weighted by Gasteiger charge is -2.38. The van der Waals surface area contributed by atoms with Crippen LogP contribution in [0.15, 0.2) is 34.3 Å². The van der Waals surface area contributed by atoms with Crippen molar-refractivity contribution in [1.82, 2.24) is 9.80 Å². The standard InChI is InChI=1S/C19H21F4N3O2S/c1-11-10-25(17(27)28-18(2,3)4)5-6-26(11)16-24-9-12-7-14(20)13(19(21,22)23)8-15(12)29-16/h7-8H,1,5-6,9-10H2,2-4H3. The first-order valence-corrected chi connectivity index (χ1v) is 9.72. The van der Waals surface area contributed by atoms with E-state index in [1.165, 1.54) is 4.90 Å². The molecule has 0 bridgehead atoms. The average molecular weight is 431 g/mol. The predicted octanol–water partition coefficient (Wildman–Crippen LogP) is 4.87. The number of carbonyl (C=O) groups is 1. The van der Waals surface area contributed by atoms with E-state index in [1.54, 1.807) is 25.7 Å². The van der Waals surface area contributed by atoms with Gasteiger partial charge in [0, 0.05) is 23.7 Å². The molecular formula is C19H21F4N3O2S. The van der Waals surface area contributed by atoms with E-state index in [4.69, 9.17) is 4.74 Å². The summed E-state index contributed by atoms with van der Waals surface area (Å²) in [6.45, 7) is 10.3. The third-order valence-electron chi connectivity index (χ3n) is 4.27. The maximum Gasteiger partial charge on any atom is 0.419 e. The summed E-state index contributed by atoms with van der Waals surface area (Å²) < 4.78 is 58.2. The van der Waals surface area contributed by atoms with Gasteiger partial charge in [-0.05, 0) is 38.5 Å². The zero-order chi connectivity index (χ0) is 21.6. The van der Waals surface area contributed by atoms with E-state index in [0.717, 1.165) is 23.9 Å². The Bertz CT molecular complexity index is 877. The quantitative estimate of drug-likeness (QED) is 0.550. The van der Waals surface area contributed by atoms with Crippen LogP contribution in [0.1, 0.15) is 31.9 Å². The third kappa shape index (κ3) is 4.85. The van der Waals surface area contributed by atoms with Gasteiger partial charge in [0.2, 0.25) is 0 Å². The van der Waals surface area contributed by atoms with Crippen LogP contribution in [0.2, 0.25) is 0 Å². The zero-order valence-corrected chi connectivity index (χ0v) is 17.1. The van der Waals surface area contributed by atoms with Crippen LogP contribution in [0.5, 0.6) is 0 Å². The highest BCUT2D eigenvalue weighted by Gasteiger charge is 2.36. The van der Waals surface area contributed by atoms with Gasteiger partial charge in [0.15, 0.2) is 5.17 Å². The summed E-state index contributed by atoms with van der Waals surface area (Å²) in [6.07, 6.45) is -5.22. The molecular weight excluding hydrogens is 410 g/mol. The number of fused-ring (bicyclic) bond motifs is 1. The number of nitrogens with zero attached hydrogens (tertiary/aromatic N) is 3. The molecule has 1 amide bonds. The number of hydrogen-bond acceptors (Lipinski definition) is 5. The molecule has 1 fully saturated rings. The van der Waals surface area contributed by atoms with E-state index in [-0.39, 0.29) is 13.1 Å². The Morgan fingerprint density at radius 2 is 1.93 bits per heavy atom. The molecule has 5 nitrogen and oxygen atoms in total.